The molecule has 4 nitrogen and oxygen atoms in total. The molecule has 1 aromatic rings. The van der Waals surface area contributed by atoms with E-state index in [4.69, 9.17) is 0 Å². The smallest absolute Gasteiger partial charge is 0.356 e. The Hall–Kier alpha value is -1.03. The highest BCUT2D eigenvalue weighted by molar-refractivity contribution is 14.0. The highest BCUT2D eigenvalue weighted by Gasteiger charge is 2.30. The van der Waals surface area contributed by atoms with Gasteiger partial charge in [0.25, 0.3) is 0 Å². The average Bonchev–Trinajstić information content (AvgIpc) is 2.57. The number of aliphatic imine (C=N–C) groups is 1. The van der Waals surface area contributed by atoms with Gasteiger partial charge in [0.2, 0.25) is 0 Å². The second-order valence-corrected chi connectivity index (χ2v) is 5.43. The Morgan fingerprint density at radius 3 is 2.40 bits per heavy atom. The lowest BCUT2D eigenvalue weighted by Gasteiger charge is -2.18. The summed E-state index contributed by atoms with van der Waals surface area (Å²) in [6.45, 7) is 8.38. The van der Waals surface area contributed by atoms with Gasteiger partial charge >= 0.3 is 6.18 Å². The second kappa shape index (κ2) is 12.3. The first kappa shape index (κ1) is 24.0. The van der Waals surface area contributed by atoms with Crippen LogP contribution in [0.3, 0.4) is 0 Å². The van der Waals surface area contributed by atoms with Crippen LogP contribution in [0.1, 0.15) is 31.4 Å². The molecule has 0 heterocycles. The Labute approximate surface area is 165 Å². The van der Waals surface area contributed by atoms with Crippen LogP contribution in [0.15, 0.2) is 29.3 Å². The number of hydrogen-bond acceptors (Lipinski definition) is 2. The van der Waals surface area contributed by atoms with Gasteiger partial charge in [0.05, 0.1) is 5.56 Å². The molecule has 0 aliphatic carbocycles. The van der Waals surface area contributed by atoms with Gasteiger partial charge in [-0.1, -0.05) is 26.0 Å². The fraction of sp³-hybridized carbons (Fsp3) is 0.588. The van der Waals surface area contributed by atoms with Crippen molar-refractivity contribution in [3.05, 3.63) is 35.4 Å². The van der Waals surface area contributed by atoms with E-state index in [1.165, 1.54) is 6.07 Å². The highest BCUT2D eigenvalue weighted by atomic mass is 127. The molecule has 0 radical (unpaired) electrons. The predicted octanol–water partition coefficient (Wildman–Crippen LogP) is 3.72. The largest absolute Gasteiger partial charge is 0.416 e. The van der Waals surface area contributed by atoms with Gasteiger partial charge in [0.1, 0.15) is 0 Å². The number of alkyl halides is 3. The summed E-state index contributed by atoms with van der Waals surface area (Å²) in [7, 11) is 1.64. The minimum absolute atomic E-state index is 0. The van der Waals surface area contributed by atoms with Crippen LogP contribution in [0.25, 0.3) is 0 Å². The third kappa shape index (κ3) is 9.29. The monoisotopic (exact) mass is 472 g/mol. The van der Waals surface area contributed by atoms with E-state index in [1.807, 2.05) is 0 Å². The van der Waals surface area contributed by atoms with E-state index in [9.17, 15) is 13.2 Å². The van der Waals surface area contributed by atoms with Crippen molar-refractivity contribution in [1.29, 1.82) is 0 Å². The van der Waals surface area contributed by atoms with Crippen molar-refractivity contribution < 1.29 is 13.2 Å². The zero-order valence-electron chi connectivity index (χ0n) is 15.0. The number of halogens is 4. The van der Waals surface area contributed by atoms with Crippen molar-refractivity contribution in [3.8, 4) is 0 Å². The topological polar surface area (TPSA) is 39.7 Å². The van der Waals surface area contributed by atoms with Crippen LogP contribution in [0.2, 0.25) is 0 Å². The van der Waals surface area contributed by atoms with Crippen LogP contribution >= 0.6 is 24.0 Å². The Kier molecular flexibility index (Phi) is 11.8. The number of benzene rings is 1. The van der Waals surface area contributed by atoms with Crippen LogP contribution in [0, 0.1) is 0 Å². The van der Waals surface area contributed by atoms with Crippen molar-refractivity contribution >= 4 is 29.9 Å². The maximum absolute atomic E-state index is 12.7. The summed E-state index contributed by atoms with van der Waals surface area (Å²) in [5.41, 5.74) is -0.0696. The normalized spacial score (nSPS) is 12.0. The third-order valence-corrected chi connectivity index (χ3v) is 3.78. The van der Waals surface area contributed by atoms with E-state index in [2.05, 4.69) is 34.4 Å². The standard InChI is InChI=1S/C17H27F3N4.HI/c1-4-24(5-2)11-7-10-22-16(21-3)23-13-14-8-6-9-15(12-14)17(18,19)20;/h6,8-9,12H,4-5,7,10-11,13H2,1-3H3,(H2,21,22,23);1H. The summed E-state index contributed by atoms with van der Waals surface area (Å²) in [6, 6.07) is 5.31. The molecule has 1 rings (SSSR count). The molecule has 8 heteroatoms. The first-order valence-corrected chi connectivity index (χ1v) is 8.23. The fourth-order valence-corrected chi connectivity index (χ4v) is 2.31. The number of rotatable bonds is 8. The van der Waals surface area contributed by atoms with E-state index < -0.39 is 11.7 Å². The van der Waals surface area contributed by atoms with Gasteiger partial charge in [-0.05, 0) is 43.8 Å². The van der Waals surface area contributed by atoms with Crippen LogP contribution in [-0.4, -0.2) is 44.1 Å². The third-order valence-electron chi connectivity index (χ3n) is 3.78. The van der Waals surface area contributed by atoms with Gasteiger partial charge in [-0.3, -0.25) is 4.99 Å². The summed E-state index contributed by atoms with van der Waals surface area (Å²) in [6.07, 6.45) is -3.34. The van der Waals surface area contributed by atoms with Crippen molar-refractivity contribution in [1.82, 2.24) is 15.5 Å². The molecule has 144 valence electrons. The maximum atomic E-state index is 12.7. The van der Waals surface area contributed by atoms with E-state index in [1.54, 1.807) is 13.1 Å². The minimum Gasteiger partial charge on any atom is -0.356 e. The van der Waals surface area contributed by atoms with Crippen molar-refractivity contribution in [2.24, 2.45) is 4.99 Å². The number of nitrogens with zero attached hydrogens (tertiary/aromatic N) is 2. The Morgan fingerprint density at radius 1 is 1.16 bits per heavy atom. The molecule has 0 atom stereocenters. The molecule has 0 saturated carbocycles. The molecular weight excluding hydrogens is 444 g/mol. The maximum Gasteiger partial charge on any atom is 0.416 e. The zero-order valence-corrected chi connectivity index (χ0v) is 17.3. The average molecular weight is 472 g/mol. The SMILES string of the molecule is CCN(CC)CCCNC(=NC)NCc1cccc(C(F)(F)F)c1.I. The lowest BCUT2D eigenvalue weighted by atomic mass is 10.1. The van der Waals surface area contributed by atoms with E-state index in [-0.39, 0.29) is 24.0 Å². The van der Waals surface area contributed by atoms with E-state index in [0.717, 1.165) is 44.7 Å². The lowest BCUT2D eigenvalue weighted by Crippen LogP contribution is -2.38. The van der Waals surface area contributed by atoms with Gasteiger partial charge < -0.3 is 15.5 Å². The van der Waals surface area contributed by atoms with Gasteiger partial charge in [-0.2, -0.15) is 13.2 Å². The minimum atomic E-state index is -4.32. The summed E-state index contributed by atoms with van der Waals surface area (Å²) in [4.78, 5) is 6.42. The molecule has 2 N–H and O–H groups in total. The van der Waals surface area contributed by atoms with Crippen molar-refractivity contribution in [3.63, 3.8) is 0 Å². The molecule has 0 amide bonds. The first-order chi connectivity index (χ1) is 11.4. The number of hydrogen-bond donors (Lipinski definition) is 2. The van der Waals surface area contributed by atoms with E-state index >= 15 is 0 Å². The molecule has 0 bridgehead atoms. The van der Waals surface area contributed by atoms with Gasteiger partial charge in [-0.15, -0.1) is 24.0 Å². The summed E-state index contributed by atoms with van der Waals surface area (Å²) in [5.74, 6) is 0.590. The van der Waals surface area contributed by atoms with Crippen LogP contribution < -0.4 is 10.6 Å². The molecule has 0 unspecified atom stereocenters. The second-order valence-electron chi connectivity index (χ2n) is 5.43. The summed E-state index contributed by atoms with van der Waals surface area (Å²) >= 11 is 0. The molecule has 0 spiro atoms. The molecular formula is C17H28F3IN4. The summed E-state index contributed by atoms with van der Waals surface area (Å²) < 4.78 is 38.1. The molecule has 1 aromatic carbocycles. The highest BCUT2D eigenvalue weighted by Crippen LogP contribution is 2.29. The van der Waals surface area contributed by atoms with Crippen molar-refractivity contribution in [2.75, 3.05) is 33.2 Å². The zero-order chi connectivity index (χ0) is 18.0. The molecule has 0 fully saturated rings. The van der Waals surface area contributed by atoms with Gasteiger partial charge in [0.15, 0.2) is 5.96 Å². The molecule has 25 heavy (non-hydrogen) atoms. The molecule has 0 aliphatic rings. The van der Waals surface area contributed by atoms with Crippen LogP contribution in [0.4, 0.5) is 13.2 Å². The first-order valence-electron chi connectivity index (χ1n) is 8.23. The predicted molar refractivity (Wildman–Crippen MR) is 107 cm³/mol. The lowest BCUT2D eigenvalue weighted by molar-refractivity contribution is -0.137. The number of guanidine groups is 1. The fourth-order valence-electron chi connectivity index (χ4n) is 2.31. The van der Waals surface area contributed by atoms with E-state index in [0.29, 0.717) is 18.1 Å². The number of nitrogens with one attached hydrogen (secondary N) is 2. The quantitative estimate of drug-likeness (QED) is 0.262. The van der Waals surface area contributed by atoms with Crippen LogP contribution in [-0.2, 0) is 12.7 Å². The molecule has 0 aliphatic heterocycles. The van der Waals surface area contributed by atoms with Crippen molar-refractivity contribution in [2.45, 2.75) is 33.0 Å². The molecule has 0 saturated heterocycles. The molecule has 0 aromatic heterocycles. The Morgan fingerprint density at radius 2 is 1.84 bits per heavy atom. The van der Waals surface area contributed by atoms with Gasteiger partial charge in [0, 0.05) is 20.1 Å². The summed E-state index contributed by atoms with van der Waals surface area (Å²) in [5, 5.41) is 6.22. The van der Waals surface area contributed by atoms with Gasteiger partial charge in [-0.25, -0.2) is 0 Å². The Bertz CT molecular complexity index is 517. The van der Waals surface area contributed by atoms with Crippen LogP contribution in [0.5, 0.6) is 0 Å². The Balaban J connectivity index is 0.00000576.